The molecule has 1 fully saturated rings. The van der Waals surface area contributed by atoms with Crippen molar-refractivity contribution in [1.82, 2.24) is 0 Å². The van der Waals surface area contributed by atoms with Gasteiger partial charge in [-0.3, -0.25) is 0 Å². The second-order valence-electron chi connectivity index (χ2n) is 4.08. The van der Waals surface area contributed by atoms with Gasteiger partial charge in [0.05, 0.1) is 12.1 Å². The Labute approximate surface area is 98.0 Å². The van der Waals surface area contributed by atoms with Crippen LogP contribution in [-0.2, 0) is 5.41 Å². The zero-order valence-electron chi connectivity index (χ0n) is 8.89. The average Bonchev–Trinajstić information content (AvgIpc) is 3.05. The quantitative estimate of drug-likeness (QED) is 0.858. The molecule has 88 valence electrons. The number of nitrogens with two attached hydrogens (primary N) is 1. The van der Waals surface area contributed by atoms with Crippen LogP contribution < -0.4 is 10.5 Å². The number of phenolic OH excluding ortho intramolecular Hbond substituents is 1. The van der Waals surface area contributed by atoms with Crippen molar-refractivity contribution in [3.63, 3.8) is 0 Å². The summed E-state index contributed by atoms with van der Waals surface area (Å²) in [5.41, 5.74) is 5.35. The fourth-order valence-corrected chi connectivity index (χ4v) is 2.13. The fraction of sp³-hybridized carbons (Fsp3) is 0.455. The van der Waals surface area contributed by atoms with E-state index in [0.29, 0.717) is 6.54 Å². The van der Waals surface area contributed by atoms with Gasteiger partial charge in [-0.15, -0.1) is 0 Å². The first-order valence-electron chi connectivity index (χ1n) is 5.01. The number of benzene rings is 1. The highest BCUT2D eigenvalue weighted by Crippen LogP contribution is 2.54. The van der Waals surface area contributed by atoms with Crippen LogP contribution in [0.1, 0.15) is 18.4 Å². The van der Waals surface area contributed by atoms with Crippen molar-refractivity contribution in [3.8, 4) is 11.5 Å². The van der Waals surface area contributed by atoms with Crippen molar-refractivity contribution < 1.29 is 14.2 Å². The molecule has 0 unspecified atom stereocenters. The summed E-state index contributed by atoms with van der Waals surface area (Å²) in [6.45, 7) is 0.293. The number of halogens is 2. The smallest absolute Gasteiger partial charge is 0.164 e. The molecule has 3 N–H and O–H groups in total. The van der Waals surface area contributed by atoms with Gasteiger partial charge in [0, 0.05) is 23.6 Å². The van der Waals surface area contributed by atoms with Gasteiger partial charge in [-0.1, -0.05) is 11.6 Å². The predicted molar refractivity (Wildman–Crippen MR) is 59.6 cm³/mol. The molecule has 5 heteroatoms. The SMILES string of the molecule is COc1cc(Cl)c(F)c(C2(CN)CC2)c1O. The van der Waals surface area contributed by atoms with Crippen LogP contribution in [0.5, 0.6) is 11.5 Å². The summed E-state index contributed by atoms with van der Waals surface area (Å²) >= 11 is 5.75. The van der Waals surface area contributed by atoms with Crippen LogP contribution in [-0.4, -0.2) is 18.8 Å². The summed E-state index contributed by atoms with van der Waals surface area (Å²) in [5.74, 6) is -0.601. The minimum Gasteiger partial charge on any atom is -0.504 e. The maximum absolute atomic E-state index is 13.9. The summed E-state index contributed by atoms with van der Waals surface area (Å²) in [5, 5.41) is 9.87. The molecule has 3 nitrogen and oxygen atoms in total. The van der Waals surface area contributed by atoms with Crippen LogP contribution in [0.4, 0.5) is 4.39 Å². The van der Waals surface area contributed by atoms with Crippen molar-refractivity contribution in [3.05, 3.63) is 22.5 Å². The van der Waals surface area contributed by atoms with Crippen molar-refractivity contribution in [1.29, 1.82) is 0 Å². The second kappa shape index (κ2) is 3.79. The number of ether oxygens (including phenoxy) is 1. The van der Waals surface area contributed by atoms with Gasteiger partial charge in [-0.05, 0) is 12.8 Å². The first kappa shape index (κ1) is 11.5. The zero-order chi connectivity index (χ0) is 11.9. The van der Waals surface area contributed by atoms with Crippen LogP contribution in [0.25, 0.3) is 0 Å². The first-order chi connectivity index (χ1) is 7.55. The average molecular weight is 246 g/mol. The molecule has 2 rings (SSSR count). The van der Waals surface area contributed by atoms with Gasteiger partial charge < -0.3 is 15.6 Å². The van der Waals surface area contributed by atoms with Gasteiger partial charge in [0.1, 0.15) is 5.82 Å². The summed E-state index contributed by atoms with van der Waals surface area (Å²) in [6, 6.07) is 1.27. The molecule has 1 aliphatic rings. The zero-order valence-corrected chi connectivity index (χ0v) is 9.64. The van der Waals surface area contributed by atoms with Crippen molar-refractivity contribution in [2.45, 2.75) is 18.3 Å². The molecule has 1 aromatic carbocycles. The summed E-state index contributed by atoms with van der Waals surface area (Å²) in [7, 11) is 1.40. The largest absolute Gasteiger partial charge is 0.504 e. The van der Waals surface area contributed by atoms with Gasteiger partial charge in [-0.2, -0.15) is 0 Å². The molecule has 0 amide bonds. The Kier molecular flexibility index (Phi) is 2.72. The third-order valence-electron chi connectivity index (χ3n) is 3.15. The summed E-state index contributed by atoms with van der Waals surface area (Å²) in [6.07, 6.45) is 1.52. The second-order valence-corrected chi connectivity index (χ2v) is 4.49. The molecule has 1 aliphatic carbocycles. The Balaban J connectivity index is 2.63. The van der Waals surface area contributed by atoms with E-state index in [1.807, 2.05) is 0 Å². The maximum Gasteiger partial charge on any atom is 0.164 e. The predicted octanol–water partition coefficient (Wildman–Crippen LogP) is 2.18. The molecule has 1 saturated carbocycles. The number of phenols is 1. The van der Waals surface area contributed by atoms with Gasteiger partial charge in [0.2, 0.25) is 0 Å². The van der Waals surface area contributed by atoms with E-state index in [4.69, 9.17) is 22.1 Å². The van der Waals surface area contributed by atoms with E-state index in [2.05, 4.69) is 0 Å². The molecule has 0 aromatic heterocycles. The van der Waals surface area contributed by atoms with Crippen LogP contribution in [0.2, 0.25) is 5.02 Å². The van der Waals surface area contributed by atoms with E-state index in [1.165, 1.54) is 13.2 Å². The van der Waals surface area contributed by atoms with Crippen LogP contribution in [0, 0.1) is 5.82 Å². The van der Waals surface area contributed by atoms with Crippen LogP contribution in [0.3, 0.4) is 0 Å². The van der Waals surface area contributed by atoms with E-state index in [9.17, 15) is 9.50 Å². The van der Waals surface area contributed by atoms with E-state index in [0.717, 1.165) is 12.8 Å². The number of hydrogen-bond acceptors (Lipinski definition) is 3. The maximum atomic E-state index is 13.9. The van der Waals surface area contributed by atoms with Crippen molar-refractivity contribution in [2.75, 3.05) is 13.7 Å². The molecule has 0 saturated heterocycles. The fourth-order valence-electron chi connectivity index (χ4n) is 1.94. The monoisotopic (exact) mass is 245 g/mol. The van der Waals surface area contributed by atoms with E-state index < -0.39 is 11.2 Å². The van der Waals surface area contributed by atoms with E-state index in [1.54, 1.807) is 0 Å². The highest BCUT2D eigenvalue weighted by atomic mass is 35.5. The Hall–Kier alpha value is -1.00. The van der Waals surface area contributed by atoms with Crippen LogP contribution >= 0.6 is 11.6 Å². The Morgan fingerprint density at radius 3 is 2.69 bits per heavy atom. The van der Waals surface area contributed by atoms with Gasteiger partial charge in [-0.25, -0.2) is 4.39 Å². The molecule has 0 atom stereocenters. The molecule has 0 aliphatic heterocycles. The Morgan fingerprint density at radius 1 is 1.62 bits per heavy atom. The van der Waals surface area contributed by atoms with Gasteiger partial charge >= 0.3 is 0 Å². The highest BCUT2D eigenvalue weighted by Gasteiger charge is 2.47. The molecule has 0 radical (unpaired) electrons. The minimum atomic E-state index is -0.595. The lowest BCUT2D eigenvalue weighted by atomic mass is 9.94. The van der Waals surface area contributed by atoms with E-state index >= 15 is 0 Å². The molecule has 0 bridgehead atoms. The topological polar surface area (TPSA) is 55.5 Å². The molecule has 0 spiro atoms. The van der Waals surface area contributed by atoms with Crippen LogP contribution in [0.15, 0.2) is 6.07 Å². The first-order valence-corrected chi connectivity index (χ1v) is 5.39. The Bertz CT molecular complexity index is 432. The third-order valence-corrected chi connectivity index (χ3v) is 3.43. The molecular weight excluding hydrogens is 233 g/mol. The van der Waals surface area contributed by atoms with E-state index in [-0.39, 0.29) is 22.1 Å². The minimum absolute atomic E-state index is 0.0515. The molecule has 1 aromatic rings. The lowest BCUT2D eigenvalue weighted by molar-refractivity contribution is 0.363. The molecule has 16 heavy (non-hydrogen) atoms. The Morgan fingerprint density at radius 2 is 2.25 bits per heavy atom. The normalized spacial score (nSPS) is 17.2. The molecular formula is C11H13ClFNO2. The van der Waals surface area contributed by atoms with Gasteiger partial charge in [0.25, 0.3) is 0 Å². The van der Waals surface area contributed by atoms with Crippen molar-refractivity contribution >= 4 is 11.6 Å². The van der Waals surface area contributed by atoms with Gasteiger partial charge in [0.15, 0.2) is 11.5 Å². The summed E-state index contributed by atoms with van der Waals surface area (Å²) < 4.78 is 18.8. The molecule has 0 heterocycles. The third kappa shape index (κ3) is 1.53. The number of rotatable bonds is 3. The van der Waals surface area contributed by atoms with Crippen molar-refractivity contribution in [2.24, 2.45) is 5.73 Å². The number of methoxy groups -OCH3 is 1. The summed E-state index contributed by atoms with van der Waals surface area (Å²) in [4.78, 5) is 0. The lowest BCUT2D eigenvalue weighted by Gasteiger charge is -2.18. The number of aromatic hydroxyl groups is 1. The lowest BCUT2D eigenvalue weighted by Crippen LogP contribution is -2.21. The standard InChI is InChI=1S/C11H13ClFNO2/c1-16-7-4-6(12)9(13)8(10(7)15)11(5-14)2-3-11/h4,15H,2-3,5,14H2,1H3. The highest BCUT2D eigenvalue weighted by molar-refractivity contribution is 6.31. The number of hydrogen-bond donors (Lipinski definition) is 2.